The lowest BCUT2D eigenvalue weighted by Gasteiger charge is -2.30. The molecule has 2 rings (SSSR count). The molecule has 2 N–H and O–H groups in total. The van der Waals surface area contributed by atoms with Gasteiger partial charge in [0, 0.05) is 5.02 Å². The number of tetrazole rings is 1. The fraction of sp³-hybridized carbons (Fsp3) is 0.308. The number of carbonyl (C=O) groups excluding carboxylic acids is 1. The molecule has 22 heavy (non-hydrogen) atoms. The Hall–Kier alpha value is -2.48. The maximum absolute atomic E-state index is 12.1. The Kier molecular flexibility index (Phi) is 4.71. The average molecular weight is 324 g/mol. The Labute approximate surface area is 131 Å². The van der Waals surface area contributed by atoms with Gasteiger partial charge in [-0.3, -0.25) is 4.79 Å². The molecule has 1 unspecified atom stereocenters. The van der Waals surface area contributed by atoms with E-state index in [1.807, 2.05) is 0 Å². The molecular formula is C13H14ClN5O3. The van der Waals surface area contributed by atoms with Crippen LogP contribution in [0.4, 0.5) is 0 Å². The normalized spacial score (nSPS) is 13.4. The molecule has 9 heteroatoms. The fourth-order valence-electron chi connectivity index (χ4n) is 2.10. The number of amides is 1. The molecule has 0 aliphatic rings. The Morgan fingerprint density at radius 2 is 2.05 bits per heavy atom. The first-order valence-electron chi connectivity index (χ1n) is 6.49. The van der Waals surface area contributed by atoms with Gasteiger partial charge >= 0.3 is 5.97 Å². The van der Waals surface area contributed by atoms with Gasteiger partial charge in [0.1, 0.15) is 12.9 Å². The summed E-state index contributed by atoms with van der Waals surface area (Å²) in [5, 5.41) is 23.1. The van der Waals surface area contributed by atoms with Crippen LogP contribution in [0.5, 0.6) is 0 Å². The highest BCUT2D eigenvalue weighted by atomic mass is 35.5. The van der Waals surface area contributed by atoms with Crippen LogP contribution in [0.15, 0.2) is 30.6 Å². The number of aromatic nitrogens is 4. The van der Waals surface area contributed by atoms with Crippen LogP contribution in [-0.4, -0.2) is 37.2 Å². The largest absolute Gasteiger partial charge is 0.479 e. The van der Waals surface area contributed by atoms with Crippen LogP contribution in [0.1, 0.15) is 18.9 Å². The van der Waals surface area contributed by atoms with E-state index in [2.05, 4.69) is 20.8 Å². The van der Waals surface area contributed by atoms with Crippen LogP contribution in [0.2, 0.25) is 5.02 Å². The summed E-state index contributed by atoms with van der Waals surface area (Å²) in [4.78, 5) is 23.9. The van der Waals surface area contributed by atoms with Crippen molar-refractivity contribution in [2.24, 2.45) is 0 Å². The maximum atomic E-state index is 12.1. The van der Waals surface area contributed by atoms with E-state index >= 15 is 0 Å². The highest BCUT2D eigenvalue weighted by molar-refractivity contribution is 6.30. The molecule has 0 saturated heterocycles. The maximum Gasteiger partial charge on any atom is 0.334 e. The molecular weight excluding hydrogens is 310 g/mol. The molecule has 0 fully saturated rings. The first-order valence-corrected chi connectivity index (χ1v) is 6.87. The zero-order valence-electron chi connectivity index (χ0n) is 11.7. The van der Waals surface area contributed by atoms with Crippen LogP contribution in [0.3, 0.4) is 0 Å². The summed E-state index contributed by atoms with van der Waals surface area (Å²) < 4.78 is 1.21. The summed E-state index contributed by atoms with van der Waals surface area (Å²) >= 11 is 5.82. The van der Waals surface area contributed by atoms with E-state index < -0.39 is 17.4 Å². The van der Waals surface area contributed by atoms with E-state index in [9.17, 15) is 14.7 Å². The van der Waals surface area contributed by atoms with E-state index in [-0.39, 0.29) is 13.0 Å². The molecule has 0 bridgehead atoms. The molecule has 1 aromatic carbocycles. The number of benzene rings is 1. The van der Waals surface area contributed by atoms with Gasteiger partial charge in [-0.2, -0.15) is 0 Å². The van der Waals surface area contributed by atoms with E-state index in [0.717, 1.165) is 0 Å². The lowest BCUT2D eigenvalue weighted by molar-refractivity contribution is -0.148. The van der Waals surface area contributed by atoms with Crippen molar-refractivity contribution in [2.75, 3.05) is 0 Å². The van der Waals surface area contributed by atoms with Crippen molar-refractivity contribution in [3.63, 3.8) is 0 Å². The highest BCUT2D eigenvalue weighted by Gasteiger charge is 2.40. The predicted octanol–water partition coefficient (Wildman–Crippen LogP) is 0.833. The molecule has 1 atom stereocenters. The number of carboxylic acid groups (broad SMARTS) is 1. The van der Waals surface area contributed by atoms with E-state index in [1.165, 1.54) is 11.0 Å². The van der Waals surface area contributed by atoms with Gasteiger partial charge < -0.3 is 10.4 Å². The number of carbonyl (C=O) groups is 2. The van der Waals surface area contributed by atoms with E-state index in [0.29, 0.717) is 10.6 Å². The number of hydrogen-bond donors (Lipinski definition) is 2. The number of carboxylic acids is 1. The molecule has 0 aliphatic carbocycles. The predicted molar refractivity (Wildman–Crippen MR) is 77.0 cm³/mol. The van der Waals surface area contributed by atoms with Crippen molar-refractivity contribution < 1.29 is 14.7 Å². The molecule has 0 aliphatic heterocycles. The number of aliphatic carboxylic acids is 1. The summed E-state index contributed by atoms with van der Waals surface area (Å²) in [6, 6.07) is 6.32. The average Bonchev–Trinajstić information content (AvgIpc) is 2.98. The minimum atomic E-state index is -1.53. The van der Waals surface area contributed by atoms with Gasteiger partial charge in [0.15, 0.2) is 5.54 Å². The van der Waals surface area contributed by atoms with Gasteiger partial charge in [-0.1, -0.05) is 30.7 Å². The summed E-state index contributed by atoms with van der Waals surface area (Å²) in [7, 11) is 0. The van der Waals surface area contributed by atoms with Crippen molar-refractivity contribution in [2.45, 2.75) is 25.4 Å². The van der Waals surface area contributed by atoms with Crippen molar-refractivity contribution in [1.82, 2.24) is 25.5 Å². The first-order chi connectivity index (χ1) is 10.5. The van der Waals surface area contributed by atoms with Gasteiger partial charge in [0.25, 0.3) is 0 Å². The fourth-order valence-corrected chi connectivity index (χ4v) is 2.23. The van der Waals surface area contributed by atoms with Gasteiger partial charge in [0.2, 0.25) is 5.91 Å². The third kappa shape index (κ3) is 3.22. The standard InChI is InChI=1S/C13H14ClN5O3/c1-2-13(12(21)22,9-3-5-10(14)6-4-9)16-11(20)7-19-8-15-17-18-19/h3-6,8H,2,7H2,1H3,(H,16,20)(H,21,22). The van der Waals surface area contributed by atoms with E-state index in [4.69, 9.17) is 11.6 Å². The smallest absolute Gasteiger partial charge is 0.334 e. The minimum absolute atomic E-state index is 0.171. The van der Waals surface area contributed by atoms with Crippen molar-refractivity contribution in [1.29, 1.82) is 0 Å². The topological polar surface area (TPSA) is 110 Å². The van der Waals surface area contributed by atoms with E-state index in [1.54, 1.807) is 31.2 Å². The Balaban J connectivity index is 2.27. The Morgan fingerprint density at radius 3 is 2.55 bits per heavy atom. The lowest BCUT2D eigenvalue weighted by atomic mass is 9.87. The summed E-state index contributed by atoms with van der Waals surface area (Å²) in [5.41, 5.74) is -1.09. The number of halogens is 1. The second kappa shape index (κ2) is 6.52. The molecule has 1 aromatic heterocycles. The SMILES string of the molecule is CCC(NC(=O)Cn1cnnn1)(C(=O)O)c1ccc(Cl)cc1. The minimum Gasteiger partial charge on any atom is -0.479 e. The molecule has 8 nitrogen and oxygen atoms in total. The Bertz CT molecular complexity index is 659. The first kappa shape index (κ1) is 15.9. The molecule has 2 aromatic rings. The monoisotopic (exact) mass is 323 g/mol. The van der Waals surface area contributed by atoms with Crippen molar-refractivity contribution in [3.8, 4) is 0 Å². The lowest BCUT2D eigenvalue weighted by Crippen LogP contribution is -2.52. The second-order valence-electron chi connectivity index (χ2n) is 4.63. The van der Waals surface area contributed by atoms with Gasteiger partial charge in [0.05, 0.1) is 0 Å². The van der Waals surface area contributed by atoms with Crippen molar-refractivity contribution >= 4 is 23.5 Å². The van der Waals surface area contributed by atoms with Crippen LogP contribution in [0, 0.1) is 0 Å². The van der Waals surface area contributed by atoms with Crippen LogP contribution in [-0.2, 0) is 21.7 Å². The van der Waals surface area contributed by atoms with Gasteiger partial charge in [-0.05, 0) is 34.5 Å². The number of nitrogens with one attached hydrogen (secondary N) is 1. The third-order valence-electron chi connectivity index (χ3n) is 3.28. The van der Waals surface area contributed by atoms with Gasteiger partial charge in [-0.25, -0.2) is 9.48 Å². The second-order valence-corrected chi connectivity index (χ2v) is 5.06. The zero-order valence-corrected chi connectivity index (χ0v) is 12.5. The summed E-state index contributed by atoms with van der Waals surface area (Å²) in [6.07, 6.45) is 1.45. The quantitative estimate of drug-likeness (QED) is 0.815. The Morgan fingerprint density at radius 1 is 1.36 bits per heavy atom. The molecule has 0 saturated carbocycles. The van der Waals surface area contributed by atoms with Crippen molar-refractivity contribution in [3.05, 3.63) is 41.2 Å². The molecule has 0 radical (unpaired) electrons. The molecule has 0 spiro atoms. The highest BCUT2D eigenvalue weighted by Crippen LogP contribution is 2.27. The number of rotatable bonds is 6. The molecule has 1 amide bonds. The van der Waals surface area contributed by atoms with Crippen LogP contribution in [0.25, 0.3) is 0 Å². The molecule has 116 valence electrons. The summed E-state index contributed by atoms with van der Waals surface area (Å²) in [6.45, 7) is 1.51. The van der Waals surface area contributed by atoms with Crippen LogP contribution < -0.4 is 5.32 Å². The summed E-state index contributed by atoms with van der Waals surface area (Å²) in [5.74, 6) is -1.66. The molecule has 1 heterocycles. The van der Waals surface area contributed by atoms with Crippen LogP contribution >= 0.6 is 11.6 Å². The third-order valence-corrected chi connectivity index (χ3v) is 3.53. The van der Waals surface area contributed by atoms with Gasteiger partial charge in [-0.15, -0.1) is 5.10 Å². The zero-order chi connectivity index (χ0) is 16.2. The number of hydrogen-bond acceptors (Lipinski definition) is 5. The number of nitrogens with zero attached hydrogens (tertiary/aromatic N) is 4.